The maximum absolute atomic E-state index is 13.9. The lowest BCUT2D eigenvalue weighted by Gasteiger charge is -2.32. The van der Waals surface area contributed by atoms with Gasteiger partial charge in [0.15, 0.2) is 0 Å². The Hall–Kier alpha value is -2.76. The summed E-state index contributed by atoms with van der Waals surface area (Å²) in [5.74, 6) is -1.83. The summed E-state index contributed by atoms with van der Waals surface area (Å²) in [6, 6.07) is 9.97. The van der Waals surface area contributed by atoms with Crippen LogP contribution in [0.4, 0.5) is 14.5 Å². The minimum absolute atomic E-state index is 0.141. The Morgan fingerprint density at radius 3 is 2.54 bits per heavy atom. The minimum atomic E-state index is -0.478. The van der Waals surface area contributed by atoms with Crippen LogP contribution in [-0.4, -0.2) is 29.8 Å². The third-order valence-corrected chi connectivity index (χ3v) is 4.55. The van der Waals surface area contributed by atoms with E-state index in [1.165, 1.54) is 36.4 Å². The number of amides is 2. The van der Waals surface area contributed by atoms with E-state index in [1.54, 1.807) is 17.9 Å². The molecule has 1 aliphatic rings. The third kappa shape index (κ3) is 4.07. The monoisotopic (exact) mass is 358 g/mol. The van der Waals surface area contributed by atoms with Crippen molar-refractivity contribution in [2.75, 3.05) is 18.4 Å². The molecule has 0 bridgehead atoms. The smallest absolute Gasteiger partial charge is 0.253 e. The fourth-order valence-corrected chi connectivity index (χ4v) is 3.11. The molecule has 1 heterocycles. The fraction of sp³-hybridized carbons (Fsp3) is 0.300. The normalized spacial score (nSPS) is 17.0. The molecule has 26 heavy (non-hydrogen) atoms. The maximum atomic E-state index is 13.9. The van der Waals surface area contributed by atoms with Gasteiger partial charge >= 0.3 is 0 Å². The molecular formula is C20H20F2N2O2. The van der Waals surface area contributed by atoms with Gasteiger partial charge in [-0.1, -0.05) is 6.07 Å². The van der Waals surface area contributed by atoms with Crippen molar-refractivity contribution >= 4 is 17.5 Å². The summed E-state index contributed by atoms with van der Waals surface area (Å²) >= 11 is 0. The number of aryl methyl sites for hydroxylation is 1. The average molecular weight is 358 g/mol. The second-order valence-corrected chi connectivity index (χ2v) is 6.57. The average Bonchev–Trinajstić information content (AvgIpc) is 2.64. The van der Waals surface area contributed by atoms with Gasteiger partial charge < -0.3 is 10.2 Å². The molecule has 2 aromatic rings. The second kappa shape index (κ2) is 7.64. The molecule has 1 unspecified atom stereocenters. The van der Waals surface area contributed by atoms with Gasteiger partial charge in [-0.25, -0.2) is 8.78 Å². The molecule has 6 heteroatoms. The van der Waals surface area contributed by atoms with E-state index in [1.807, 2.05) is 0 Å². The topological polar surface area (TPSA) is 49.4 Å². The second-order valence-electron chi connectivity index (χ2n) is 6.57. The molecule has 1 saturated heterocycles. The van der Waals surface area contributed by atoms with Gasteiger partial charge in [-0.05, 0) is 61.7 Å². The van der Waals surface area contributed by atoms with Crippen LogP contribution in [0.2, 0.25) is 0 Å². The van der Waals surface area contributed by atoms with E-state index in [0.717, 1.165) is 5.56 Å². The number of hydrogen-bond acceptors (Lipinski definition) is 2. The van der Waals surface area contributed by atoms with E-state index < -0.39 is 17.6 Å². The highest BCUT2D eigenvalue weighted by molar-refractivity contribution is 5.96. The van der Waals surface area contributed by atoms with Crippen molar-refractivity contribution in [2.45, 2.75) is 19.8 Å². The Bertz CT molecular complexity index is 821. The Morgan fingerprint density at radius 2 is 1.85 bits per heavy atom. The quantitative estimate of drug-likeness (QED) is 0.908. The number of hydrogen-bond donors (Lipinski definition) is 1. The van der Waals surface area contributed by atoms with Crippen molar-refractivity contribution in [1.82, 2.24) is 4.90 Å². The van der Waals surface area contributed by atoms with Gasteiger partial charge in [0, 0.05) is 18.7 Å². The molecule has 0 aliphatic carbocycles. The molecule has 1 aliphatic heterocycles. The minimum Gasteiger partial charge on any atom is -0.338 e. The highest BCUT2D eigenvalue weighted by Crippen LogP contribution is 2.22. The molecule has 0 radical (unpaired) electrons. The van der Waals surface area contributed by atoms with Gasteiger partial charge in [0.1, 0.15) is 11.6 Å². The molecule has 1 fully saturated rings. The first-order valence-corrected chi connectivity index (χ1v) is 8.56. The number of carbonyl (C=O) groups excluding carboxylic acids is 2. The van der Waals surface area contributed by atoms with Gasteiger partial charge in [0.05, 0.1) is 11.6 Å². The predicted molar refractivity (Wildman–Crippen MR) is 94.8 cm³/mol. The first-order valence-electron chi connectivity index (χ1n) is 8.56. The standard InChI is InChI=1S/C20H20F2N2O2/c1-13-4-9-18(17(22)11-13)23-19(25)15-3-2-10-24(12-15)20(26)14-5-7-16(21)8-6-14/h4-9,11,15H,2-3,10,12H2,1H3,(H,23,25). The van der Waals surface area contributed by atoms with E-state index >= 15 is 0 Å². The van der Waals surface area contributed by atoms with E-state index in [4.69, 9.17) is 0 Å². The molecule has 0 aromatic heterocycles. The lowest BCUT2D eigenvalue weighted by molar-refractivity contribution is -0.121. The number of likely N-dealkylation sites (tertiary alicyclic amines) is 1. The van der Waals surface area contributed by atoms with Crippen molar-refractivity contribution in [3.05, 3.63) is 65.2 Å². The maximum Gasteiger partial charge on any atom is 0.253 e. The molecule has 0 spiro atoms. The van der Waals surface area contributed by atoms with Crippen LogP contribution in [0, 0.1) is 24.5 Å². The lowest BCUT2D eigenvalue weighted by atomic mass is 9.96. The Balaban J connectivity index is 1.66. The van der Waals surface area contributed by atoms with Crippen molar-refractivity contribution < 1.29 is 18.4 Å². The number of nitrogens with zero attached hydrogens (tertiary/aromatic N) is 1. The summed E-state index contributed by atoms with van der Waals surface area (Å²) in [7, 11) is 0. The van der Waals surface area contributed by atoms with Crippen molar-refractivity contribution in [3.8, 4) is 0 Å². The summed E-state index contributed by atoms with van der Waals surface area (Å²) < 4.78 is 26.9. The fourth-order valence-electron chi connectivity index (χ4n) is 3.11. The Kier molecular flexibility index (Phi) is 5.30. The van der Waals surface area contributed by atoms with E-state index in [-0.39, 0.29) is 24.0 Å². The predicted octanol–water partition coefficient (Wildman–Crippen LogP) is 3.76. The zero-order valence-corrected chi connectivity index (χ0v) is 14.5. The molecule has 1 N–H and O–H groups in total. The molecule has 2 amide bonds. The van der Waals surface area contributed by atoms with Crippen LogP contribution in [-0.2, 0) is 4.79 Å². The van der Waals surface area contributed by atoms with Crippen LogP contribution in [0.3, 0.4) is 0 Å². The van der Waals surface area contributed by atoms with Crippen LogP contribution in [0.1, 0.15) is 28.8 Å². The lowest BCUT2D eigenvalue weighted by Crippen LogP contribution is -2.43. The molecule has 3 rings (SSSR count). The SMILES string of the molecule is Cc1ccc(NC(=O)C2CCCN(C(=O)c3ccc(F)cc3)C2)c(F)c1. The number of piperidine rings is 1. The Morgan fingerprint density at radius 1 is 1.12 bits per heavy atom. The van der Waals surface area contributed by atoms with Gasteiger partial charge in [0.25, 0.3) is 5.91 Å². The van der Waals surface area contributed by atoms with Crippen molar-refractivity contribution in [3.63, 3.8) is 0 Å². The number of anilines is 1. The molecule has 2 aromatic carbocycles. The van der Waals surface area contributed by atoms with Gasteiger partial charge in [0.2, 0.25) is 5.91 Å². The summed E-state index contributed by atoms with van der Waals surface area (Å²) in [6.07, 6.45) is 1.31. The summed E-state index contributed by atoms with van der Waals surface area (Å²) in [6.45, 7) is 2.57. The highest BCUT2D eigenvalue weighted by atomic mass is 19.1. The summed E-state index contributed by atoms with van der Waals surface area (Å²) in [5, 5.41) is 2.61. The summed E-state index contributed by atoms with van der Waals surface area (Å²) in [4.78, 5) is 26.6. The number of halogens is 2. The number of carbonyl (C=O) groups is 2. The molecule has 1 atom stereocenters. The number of benzene rings is 2. The first-order chi connectivity index (χ1) is 12.4. The van der Waals surface area contributed by atoms with E-state index in [9.17, 15) is 18.4 Å². The molecular weight excluding hydrogens is 338 g/mol. The number of nitrogens with one attached hydrogen (secondary N) is 1. The first kappa shape index (κ1) is 18.0. The van der Waals surface area contributed by atoms with E-state index in [0.29, 0.717) is 24.9 Å². The number of rotatable bonds is 3. The van der Waals surface area contributed by atoms with Crippen LogP contribution >= 0.6 is 0 Å². The highest BCUT2D eigenvalue weighted by Gasteiger charge is 2.29. The van der Waals surface area contributed by atoms with Crippen LogP contribution in [0.15, 0.2) is 42.5 Å². The van der Waals surface area contributed by atoms with Crippen molar-refractivity contribution in [2.24, 2.45) is 5.92 Å². The van der Waals surface area contributed by atoms with Crippen molar-refractivity contribution in [1.29, 1.82) is 0 Å². The third-order valence-electron chi connectivity index (χ3n) is 4.55. The molecule has 136 valence electrons. The summed E-state index contributed by atoms with van der Waals surface area (Å²) in [5.41, 5.74) is 1.30. The van der Waals surface area contributed by atoms with E-state index in [2.05, 4.69) is 5.32 Å². The van der Waals surface area contributed by atoms with Crippen LogP contribution in [0.5, 0.6) is 0 Å². The molecule has 4 nitrogen and oxygen atoms in total. The van der Waals surface area contributed by atoms with Gasteiger partial charge in [-0.15, -0.1) is 0 Å². The van der Waals surface area contributed by atoms with Crippen LogP contribution in [0.25, 0.3) is 0 Å². The largest absolute Gasteiger partial charge is 0.338 e. The Labute approximate surface area is 150 Å². The zero-order valence-electron chi connectivity index (χ0n) is 14.5. The molecule has 0 saturated carbocycles. The zero-order chi connectivity index (χ0) is 18.7. The van der Waals surface area contributed by atoms with Crippen LogP contribution < -0.4 is 5.32 Å². The van der Waals surface area contributed by atoms with Gasteiger partial charge in [-0.2, -0.15) is 0 Å². The van der Waals surface area contributed by atoms with Gasteiger partial charge in [-0.3, -0.25) is 9.59 Å².